The number of amides is 1. The van der Waals surface area contributed by atoms with E-state index in [1.165, 1.54) is 16.4 Å². The van der Waals surface area contributed by atoms with Gasteiger partial charge >= 0.3 is 0 Å². The number of halogens is 1. The Morgan fingerprint density at radius 2 is 1.74 bits per heavy atom. The Labute approximate surface area is 181 Å². The Morgan fingerprint density at radius 3 is 2.42 bits per heavy atom. The second kappa shape index (κ2) is 8.15. The molecule has 0 aliphatic carbocycles. The summed E-state index contributed by atoms with van der Waals surface area (Å²) in [4.78, 5) is 12.8. The molecule has 1 aliphatic heterocycles. The van der Waals surface area contributed by atoms with E-state index < -0.39 is 15.8 Å². The van der Waals surface area contributed by atoms with Crippen molar-refractivity contribution in [2.75, 3.05) is 4.31 Å². The van der Waals surface area contributed by atoms with Gasteiger partial charge in [0.2, 0.25) is 0 Å². The van der Waals surface area contributed by atoms with E-state index in [2.05, 4.69) is 5.32 Å². The molecule has 31 heavy (non-hydrogen) atoms. The third-order valence-electron chi connectivity index (χ3n) is 5.51. The molecule has 1 N–H and O–H groups in total. The first-order valence-corrected chi connectivity index (χ1v) is 11.5. The van der Waals surface area contributed by atoms with Crippen LogP contribution in [0.1, 0.15) is 41.4 Å². The first kappa shape index (κ1) is 21.1. The standard InChI is InChI=1S/C24H23FN2O3S/c1-16-14-20-15-19(24(28)26-17(2)18-6-4-3-5-7-18)8-13-23(20)27(16)31(29,30)22-11-9-21(25)10-12-22/h3-13,15-17H,14H2,1-2H3,(H,26,28)/t16-,17+/m0/s1. The second-order valence-corrected chi connectivity index (χ2v) is 9.57. The largest absolute Gasteiger partial charge is 0.346 e. The maximum atomic E-state index is 13.2. The maximum absolute atomic E-state index is 13.2. The minimum absolute atomic E-state index is 0.0344. The van der Waals surface area contributed by atoms with Crippen LogP contribution in [0.25, 0.3) is 0 Å². The summed E-state index contributed by atoms with van der Waals surface area (Å²) < 4.78 is 40.9. The van der Waals surface area contributed by atoms with Crippen LogP contribution >= 0.6 is 0 Å². The zero-order valence-electron chi connectivity index (χ0n) is 17.2. The van der Waals surface area contributed by atoms with Crippen LogP contribution in [0.5, 0.6) is 0 Å². The normalized spacial score (nSPS) is 16.6. The van der Waals surface area contributed by atoms with Crippen molar-refractivity contribution in [3.63, 3.8) is 0 Å². The monoisotopic (exact) mass is 438 g/mol. The van der Waals surface area contributed by atoms with Crippen LogP contribution in [0.4, 0.5) is 10.1 Å². The molecule has 160 valence electrons. The minimum atomic E-state index is -3.84. The highest BCUT2D eigenvalue weighted by Gasteiger charge is 2.36. The smallest absolute Gasteiger partial charge is 0.264 e. The summed E-state index contributed by atoms with van der Waals surface area (Å²) in [7, 11) is -3.84. The molecule has 1 aliphatic rings. The van der Waals surface area contributed by atoms with Gasteiger partial charge in [0.25, 0.3) is 15.9 Å². The number of benzene rings is 3. The summed E-state index contributed by atoms with van der Waals surface area (Å²) in [5.41, 5.74) is 2.82. The highest BCUT2D eigenvalue weighted by atomic mass is 32.2. The topological polar surface area (TPSA) is 66.5 Å². The predicted molar refractivity (Wildman–Crippen MR) is 118 cm³/mol. The molecule has 0 radical (unpaired) electrons. The zero-order valence-corrected chi connectivity index (χ0v) is 18.1. The van der Waals surface area contributed by atoms with Gasteiger partial charge in [-0.3, -0.25) is 9.10 Å². The lowest BCUT2D eigenvalue weighted by Crippen LogP contribution is -2.35. The fourth-order valence-corrected chi connectivity index (χ4v) is 5.63. The minimum Gasteiger partial charge on any atom is -0.346 e. The number of anilines is 1. The SMILES string of the molecule is C[C@@H](NC(=O)c1ccc2c(c1)C[C@H](C)N2S(=O)(=O)c1ccc(F)cc1)c1ccccc1. The molecule has 0 unspecified atom stereocenters. The van der Waals surface area contributed by atoms with Gasteiger partial charge in [-0.1, -0.05) is 30.3 Å². The molecule has 3 aromatic rings. The number of carbonyl (C=O) groups excluding carboxylic acids is 1. The Hall–Kier alpha value is -3.19. The van der Waals surface area contributed by atoms with Gasteiger partial charge in [0.1, 0.15) is 5.82 Å². The number of hydrogen-bond acceptors (Lipinski definition) is 3. The van der Waals surface area contributed by atoms with E-state index in [1.54, 1.807) is 18.2 Å². The molecule has 5 nitrogen and oxygen atoms in total. The summed E-state index contributed by atoms with van der Waals surface area (Å²) in [5.74, 6) is -0.708. The summed E-state index contributed by atoms with van der Waals surface area (Å²) in [6.07, 6.45) is 0.491. The van der Waals surface area contributed by atoms with Crippen LogP contribution in [0.3, 0.4) is 0 Å². The molecule has 1 heterocycles. The fourth-order valence-electron chi connectivity index (χ4n) is 3.94. The molecule has 0 saturated carbocycles. The van der Waals surface area contributed by atoms with Gasteiger partial charge < -0.3 is 5.32 Å². The Kier molecular flexibility index (Phi) is 5.54. The first-order valence-electron chi connectivity index (χ1n) is 10.1. The Balaban J connectivity index is 1.59. The van der Waals surface area contributed by atoms with Gasteiger partial charge in [0, 0.05) is 11.6 Å². The molecule has 2 atom stereocenters. The first-order chi connectivity index (χ1) is 14.8. The molecule has 0 saturated heterocycles. The van der Waals surface area contributed by atoms with Crippen LogP contribution in [0.15, 0.2) is 77.7 Å². The summed E-state index contributed by atoms with van der Waals surface area (Å²) >= 11 is 0. The highest BCUT2D eigenvalue weighted by molar-refractivity contribution is 7.92. The number of nitrogens with zero attached hydrogens (tertiary/aromatic N) is 1. The van der Waals surface area contributed by atoms with Gasteiger partial charge in [-0.05, 0) is 73.9 Å². The van der Waals surface area contributed by atoms with Crippen molar-refractivity contribution in [1.29, 1.82) is 0 Å². The van der Waals surface area contributed by atoms with E-state index in [0.717, 1.165) is 23.3 Å². The Bertz CT molecular complexity index is 1210. The van der Waals surface area contributed by atoms with Crippen molar-refractivity contribution in [2.45, 2.75) is 37.2 Å². The molecule has 3 aromatic carbocycles. The number of fused-ring (bicyclic) bond motifs is 1. The molecule has 0 fully saturated rings. The quantitative estimate of drug-likeness (QED) is 0.640. The second-order valence-electron chi connectivity index (χ2n) is 7.76. The van der Waals surface area contributed by atoms with Crippen LogP contribution in [0, 0.1) is 5.82 Å². The number of sulfonamides is 1. The van der Waals surface area contributed by atoms with E-state index in [0.29, 0.717) is 17.7 Å². The van der Waals surface area contributed by atoms with Crippen molar-refractivity contribution in [3.05, 3.63) is 95.3 Å². The molecular formula is C24H23FN2O3S. The third kappa shape index (κ3) is 4.05. The molecule has 4 rings (SSSR count). The van der Waals surface area contributed by atoms with Gasteiger partial charge in [-0.15, -0.1) is 0 Å². The fraction of sp³-hybridized carbons (Fsp3) is 0.208. The van der Waals surface area contributed by atoms with Gasteiger partial charge in [-0.2, -0.15) is 0 Å². The zero-order chi connectivity index (χ0) is 22.2. The van der Waals surface area contributed by atoms with E-state index in [4.69, 9.17) is 0 Å². The van der Waals surface area contributed by atoms with Crippen molar-refractivity contribution in [3.8, 4) is 0 Å². The predicted octanol–water partition coefficient (Wildman–Crippen LogP) is 4.46. The average Bonchev–Trinajstić information content (AvgIpc) is 3.10. The lowest BCUT2D eigenvalue weighted by atomic mass is 10.0. The molecule has 0 bridgehead atoms. The number of rotatable bonds is 5. The van der Waals surface area contributed by atoms with Crippen molar-refractivity contribution < 1.29 is 17.6 Å². The third-order valence-corrected chi connectivity index (χ3v) is 7.45. The van der Waals surface area contributed by atoms with Crippen LogP contribution < -0.4 is 9.62 Å². The van der Waals surface area contributed by atoms with E-state index in [-0.39, 0.29) is 22.9 Å². The number of hydrogen-bond donors (Lipinski definition) is 1. The van der Waals surface area contributed by atoms with E-state index in [9.17, 15) is 17.6 Å². The summed E-state index contributed by atoms with van der Waals surface area (Å²) in [6, 6.07) is 19.1. The number of nitrogens with one attached hydrogen (secondary N) is 1. The molecule has 7 heteroatoms. The van der Waals surface area contributed by atoms with E-state index in [1.807, 2.05) is 44.2 Å². The number of carbonyl (C=O) groups is 1. The Morgan fingerprint density at radius 1 is 1.06 bits per heavy atom. The molecular weight excluding hydrogens is 415 g/mol. The van der Waals surface area contributed by atoms with Gasteiger partial charge in [0.05, 0.1) is 16.6 Å². The van der Waals surface area contributed by atoms with Crippen molar-refractivity contribution in [2.24, 2.45) is 0 Å². The van der Waals surface area contributed by atoms with Crippen molar-refractivity contribution >= 4 is 21.6 Å². The van der Waals surface area contributed by atoms with Gasteiger partial charge in [-0.25, -0.2) is 12.8 Å². The lowest BCUT2D eigenvalue weighted by molar-refractivity contribution is 0.0940. The lowest BCUT2D eigenvalue weighted by Gasteiger charge is -2.24. The molecule has 0 aromatic heterocycles. The van der Waals surface area contributed by atoms with Crippen molar-refractivity contribution in [1.82, 2.24) is 5.32 Å². The summed E-state index contributed by atoms with van der Waals surface area (Å²) in [6.45, 7) is 3.73. The molecule has 1 amide bonds. The van der Waals surface area contributed by atoms with Crippen LogP contribution in [0.2, 0.25) is 0 Å². The van der Waals surface area contributed by atoms with Gasteiger partial charge in [0.15, 0.2) is 0 Å². The average molecular weight is 439 g/mol. The summed E-state index contributed by atoms with van der Waals surface area (Å²) in [5, 5.41) is 2.98. The van der Waals surface area contributed by atoms with Crippen LogP contribution in [-0.2, 0) is 16.4 Å². The maximum Gasteiger partial charge on any atom is 0.264 e. The molecule has 0 spiro atoms. The van der Waals surface area contributed by atoms with E-state index >= 15 is 0 Å². The highest BCUT2D eigenvalue weighted by Crippen LogP contribution is 2.37. The van der Waals surface area contributed by atoms with Crippen LogP contribution in [-0.4, -0.2) is 20.4 Å².